The molecule has 35 heavy (non-hydrogen) atoms. The fraction of sp³-hybridized carbons (Fsp3) is 0.296. The lowest BCUT2D eigenvalue weighted by Gasteiger charge is -2.27. The molecule has 1 amide bonds. The molecule has 2 aliphatic rings. The smallest absolute Gasteiger partial charge is 0.339 e. The number of aromatic nitrogens is 1. The Bertz CT molecular complexity index is 1450. The molecule has 180 valence electrons. The van der Waals surface area contributed by atoms with Gasteiger partial charge in [-0.25, -0.2) is 13.2 Å². The van der Waals surface area contributed by atoms with Crippen molar-refractivity contribution in [2.75, 3.05) is 17.3 Å². The van der Waals surface area contributed by atoms with Crippen LogP contribution in [0.3, 0.4) is 0 Å². The third-order valence-corrected chi connectivity index (χ3v) is 7.87. The molecule has 1 aromatic heterocycles. The van der Waals surface area contributed by atoms with Crippen LogP contribution in [0, 0.1) is 6.92 Å². The van der Waals surface area contributed by atoms with Crippen LogP contribution < -0.4 is 4.90 Å². The highest BCUT2D eigenvalue weighted by atomic mass is 32.2. The first-order chi connectivity index (χ1) is 16.8. The third kappa shape index (κ3) is 4.71. The molecule has 0 spiro atoms. The third-order valence-electron chi connectivity index (χ3n) is 6.49. The molecule has 0 N–H and O–H groups in total. The molecule has 2 aromatic carbocycles. The van der Waals surface area contributed by atoms with E-state index in [-0.39, 0.29) is 5.75 Å². The van der Waals surface area contributed by atoms with Crippen LogP contribution in [-0.4, -0.2) is 43.7 Å². The Morgan fingerprint density at radius 3 is 2.60 bits per heavy atom. The fourth-order valence-corrected chi connectivity index (χ4v) is 6.14. The fourth-order valence-electron chi connectivity index (χ4n) is 4.87. The van der Waals surface area contributed by atoms with E-state index in [1.165, 1.54) is 11.0 Å². The highest BCUT2D eigenvalue weighted by Crippen LogP contribution is 2.31. The van der Waals surface area contributed by atoms with Gasteiger partial charge in [-0.15, -0.1) is 0 Å². The summed E-state index contributed by atoms with van der Waals surface area (Å²) in [6.45, 7) is 1.46. The van der Waals surface area contributed by atoms with Crippen molar-refractivity contribution in [1.29, 1.82) is 0 Å². The number of benzene rings is 2. The average Bonchev–Trinajstić information content (AvgIpc) is 3.20. The molecule has 0 fully saturated rings. The quantitative estimate of drug-likeness (QED) is 0.503. The summed E-state index contributed by atoms with van der Waals surface area (Å²) in [7, 11) is -3.38. The van der Waals surface area contributed by atoms with Crippen LogP contribution in [0.1, 0.15) is 40.0 Å². The van der Waals surface area contributed by atoms with E-state index in [4.69, 9.17) is 9.72 Å². The first kappa shape index (κ1) is 23.2. The monoisotopic (exact) mass is 490 g/mol. The van der Waals surface area contributed by atoms with Gasteiger partial charge in [-0.05, 0) is 68.5 Å². The second kappa shape index (κ2) is 9.26. The summed E-state index contributed by atoms with van der Waals surface area (Å²) >= 11 is 0. The van der Waals surface area contributed by atoms with E-state index in [1.54, 1.807) is 24.3 Å². The van der Waals surface area contributed by atoms with Crippen LogP contribution in [0.15, 0.2) is 60.0 Å². The highest BCUT2D eigenvalue weighted by molar-refractivity contribution is 7.94. The number of ether oxygens (including phenoxy) is 1. The zero-order valence-electron chi connectivity index (χ0n) is 19.4. The van der Waals surface area contributed by atoms with Crippen molar-refractivity contribution >= 4 is 38.3 Å². The van der Waals surface area contributed by atoms with Gasteiger partial charge in [-0.3, -0.25) is 9.78 Å². The Kier molecular flexibility index (Phi) is 6.15. The SMILES string of the molecule is Cc1ccc2nc3c(c(C(=O)OCC(=O)N(c4ccccc4)C4C=CS(=O)(=O)C4)c2c1)CCCC3. The van der Waals surface area contributed by atoms with Crippen molar-refractivity contribution < 1.29 is 22.7 Å². The standard InChI is InChI=1S/C27H26N2O5S/c1-18-11-12-24-22(15-18)26(21-9-5-6-10-23(21)28-24)27(31)34-16-25(30)29(19-7-3-2-4-8-19)20-13-14-35(32,33)17-20/h2-4,7-8,11-15,20H,5-6,9-10,16-17H2,1H3. The predicted octanol–water partition coefficient (Wildman–Crippen LogP) is 3.92. The van der Waals surface area contributed by atoms with Crippen molar-refractivity contribution in [3.05, 3.63) is 82.4 Å². The number of rotatable bonds is 5. The number of amides is 1. The molecule has 1 unspecified atom stereocenters. The van der Waals surface area contributed by atoms with E-state index < -0.39 is 34.4 Å². The molecule has 1 aliphatic heterocycles. The number of pyridine rings is 1. The molecule has 3 aromatic rings. The van der Waals surface area contributed by atoms with E-state index in [0.29, 0.717) is 11.3 Å². The van der Waals surface area contributed by atoms with E-state index in [9.17, 15) is 18.0 Å². The van der Waals surface area contributed by atoms with Crippen molar-refractivity contribution in [1.82, 2.24) is 4.98 Å². The van der Waals surface area contributed by atoms with E-state index in [0.717, 1.165) is 58.8 Å². The normalized spacial score (nSPS) is 18.3. The highest BCUT2D eigenvalue weighted by Gasteiger charge is 2.32. The van der Waals surface area contributed by atoms with Gasteiger partial charge in [0.2, 0.25) is 0 Å². The van der Waals surface area contributed by atoms with Gasteiger partial charge in [0.25, 0.3) is 5.91 Å². The first-order valence-corrected chi connectivity index (χ1v) is 13.4. The van der Waals surface area contributed by atoms with Crippen molar-refractivity contribution in [3.63, 3.8) is 0 Å². The van der Waals surface area contributed by atoms with Gasteiger partial charge >= 0.3 is 5.97 Å². The summed E-state index contributed by atoms with van der Waals surface area (Å²) in [5, 5.41) is 1.86. The van der Waals surface area contributed by atoms with Crippen molar-refractivity contribution in [3.8, 4) is 0 Å². The Morgan fingerprint density at radius 2 is 1.86 bits per heavy atom. The molecule has 2 heterocycles. The van der Waals surface area contributed by atoms with Crippen molar-refractivity contribution in [2.24, 2.45) is 0 Å². The maximum Gasteiger partial charge on any atom is 0.339 e. The van der Waals surface area contributed by atoms with Crippen LogP contribution in [-0.2, 0) is 32.2 Å². The van der Waals surface area contributed by atoms with Gasteiger partial charge in [0.15, 0.2) is 16.4 Å². The number of hydrogen-bond donors (Lipinski definition) is 0. The number of carbonyl (C=O) groups is 2. The van der Waals surface area contributed by atoms with Gasteiger partial charge in [-0.2, -0.15) is 0 Å². The lowest BCUT2D eigenvalue weighted by atomic mass is 9.89. The number of anilines is 1. The zero-order chi connectivity index (χ0) is 24.6. The summed E-state index contributed by atoms with van der Waals surface area (Å²) in [6.07, 6.45) is 5.04. The molecule has 1 aliphatic carbocycles. The molecule has 1 atom stereocenters. The van der Waals surface area contributed by atoms with E-state index in [1.807, 2.05) is 31.2 Å². The first-order valence-electron chi connectivity index (χ1n) is 11.7. The number of nitrogens with zero attached hydrogens (tertiary/aromatic N) is 2. The van der Waals surface area contributed by atoms with Crippen LogP contribution in [0.4, 0.5) is 5.69 Å². The molecule has 0 bridgehead atoms. The molecular formula is C27H26N2O5S. The number of fused-ring (bicyclic) bond motifs is 2. The number of sulfone groups is 1. The molecule has 7 nitrogen and oxygen atoms in total. The van der Waals surface area contributed by atoms with Gasteiger partial charge in [0, 0.05) is 22.2 Å². The Labute approximate surface area is 204 Å². The topological polar surface area (TPSA) is 93.6 Å². The van der Waals surface area contributed by atoms with Gasteiger partial charge in [-0.1, -0.05) is 29.8 Å². The maximum absolute atomic E-state index is 13.4. The molecule has 0 radical (unpaired) electrons. The van der Waals surface area contributed by atoms with Gasteiger partial charge in [0.05, 0.1) is 22.9 Å². The Balaban J connectivity index is 1.44. The maximum atomic E-state index is 13.4. The predicted molar refractivity (Wildman–Crippen MR) is 134 cm³/mol. The second-order valence-corrected chi connectivity index (χ2v) is 11.0. The van der Waals surface area contributed by atoms with Crippen LogP contribution in [0.2, 0.25) is 0 Å². The summed E-state index contributed by atoms with van der Waals surface area (Å²) in [4.78, 5) is 32.9. The average molecular weight is 491 g/mol. The molecule has 0 saturated carbocycles. The Morgan fingerprint density at radius 1 is 1.09 bits per heavy atom. The molecule has 8 heteroatoms. The van der Waals surface area contributed by atoms with Crippen LogP contribution in [0.25, 0.3) is 10.9 Å². The number of para-hydroxylation sites is 1. The largest absolute Gasteiger partial charge is 0.452 e. The van der Waals surface area contributed by atoms with E-state index >= 15 is 0 Å². The number of aryl methyl sites for hydroxylation is 2. The Hall–Kier alpha value is -3.52. The minimum atomic E-state index is -3.38. The van der Waals surface area contributed by atoms with Crippen molar-refractivity contribution in [2.45, 2.75) is 38.6 Å². The second-order valence-electron chi connectivity index (χ2n) is 9.04. The summed E-state index contributed by atoms with van der Waals surface area (Å²) in [6, 6.07) is 14.0. The van der Waals surface area contributed by atoms with Gasteiger partial charge in [0.1, 0.15) is 0 Å². The summed E-state index contributed by atoms with van der Waals surface area (Å²) in [5.74, 6) is -1.25. The van der Waals surface area contributed by atoms with Gasteiger partial charge < -0.3 is 9.64 Å². The summed E-state index contributed by atoms with van der Waals surface area (Å²) < 4.78 is 29.6. The molecule has 0 saturated heterocycles. The van der Waals surface area contributed by atoms with Crippen LogP contribution >= 0.6 is 0 Å². The van der Waals surface area contributed by atoms with E-state index in [2.05, 4.69) is 0 Å². The van der Waals surface area contributed by atoms with Crippen LogP contribution in [0.5, 0.6) is 0 Å². The number of hydrogen-bond acceptors (Lipinski definition) is 6. The minimum absolute atomic E-state index is 0.205. The number of carbonyl (C=O) groups excluding carboxylic acids is 2. The zero-order valence-corrected chi connectivity index (χ0v) is 20.3. The summed E-state index contributed by atoms with van der Waals surface area (Å²) in [5.41, 5.74) is 4.58. The molecular weight excluding hydrogens is 464 g/mol. The lowest BCUT2D eigenvalue weighted by Crippen LogP contribution is -2.43. The molecule has 5 rings (SSSR count). The number of esters is 1. The minimum Gasteiger partial charge on any atom is -0.452 e. The lowest BCUT2D eigenvalue weighted by molar-refractivity contribution is -0.121.